The van der Waals surface area contributed by atoms with Gasteiger partial charge in [-0.05, 0) is 49.0 Å². The molecule has 3 N–H and O–H groups in total. The van der Waals surface area contributed by atoms with Gasteiger partial charge in [0.05, 0.1) is 14.2 Å². The fourth-order valence-electron chi connectivity index (χ4n) is 4.85. The van der Waals surface area contributed by atoms with Crippen molar-refractivity contribution in [1.29, 1.82) is 0 Å². The van der Waals surface area contributed by atoms with Crippen molar-refractivity contribution >= 4 is 11.9 Å². The van der Waals surface area contributed by atoms with E-state index in [2.05, 4.69) is 11.0 Å². The highest BCUT2D eigenvalue weighted by molar-refractivity contribution is 6.27. The number of benzene rings is 3. The standard InChI is InChI=1S/C27H31NO3.C2H2O4/c1-30-25-15-9-10-21(26(25)31-2)20-28-18-16-24(17-19-28)27(29,22-11-5-3-6-12-22)23-13-7-4-8-14-23;3-1(4)2(5)6/h3-15,24,29H,16-20H2,1-2H3;(H,3,4)(H,5,6). The molecule has 3 aromatic rings. The molecule has 0 bridgehead atoms. The fraction of sp³-hybridized carbons (Fsp3) is 0.310. The van der Waals surface area contributed by atoms with E-state index in [0.717, 1.165) is 60.7 Å². The summed E-state index contributed by atoms with van der Waals surface area (Å²) in [6, 6.07) is 26.2. The molecule has 0 unspecified atom stereocenters. The van der Waals surface area contributed by atoms with Gasteiger partial charge < -0.3 is 24.8 Å². The van der Waals surface area contributed by atoms with Crippen LogP contribution in [-0.4, -0.2) is 59.5 Å². The Kier molecular flexibility index (Phi) is 9.65. The SMILES string of the molecule is COc1cccc(CN2CCC(C(O)(c3ccccc3)c3ccccc3)CC2)c1OC.O=C(O)C(=O)O. The first-order valence-corrected chi connectivity index (χ1v) is 12.0. The summed E-state index contributed by atoms with van der Waals surface area (Å²) in [6.45, 7) is 2.65. The van der Waals surface area contributed by atoms with E-state index in [9.17, 15) is 5.11 Å². The lowest BCUT2D eigenvalue weighted by atomic mass is 9.72. The summed E-state index contributed by atoms with van der Waals surface area (Å²) in [7, 11) is 3.36. The molecule has 0 radical (unpaired) electrons. The average Bonchev–Trinajstić information content (AvgIpc) is 2.94. The lowest BCUT2D eigenvalue weighted by Gasteiger charge is -2.42. The zero-order valence-electron chi connectivity index (χ0n) is 21.0. The summed E-state index contributed by atoms with van der Waals surface area (Å²) >= 11 is 0. The first-order chi connectivity index (χ1) is 17.8. The molecule has 1 heterocycles. The first kappa shape index (κ1) is 27.7. The van der Waals surface area contributed by atoms with Crippen LogP contribution in [0.2, 0.25) is 0 Å². The van der Waals surface area contributed by atoms with Crippen LogP contribution in [0.5, 0.6) is 11.5 Å². The Labute approximate surface area is 216 Å². The van der Waals surface area contributed by atoms with Crippen LogP contribution in [0.25, 0.3) is 0 Å². The van der Waals surface area contributed by atoms with E-state index in [4.69, 9.17) is 29.3 Å². The quantitative estimate of drug-likeness (QED) is 0.411. The molecule has 0 aliphatic carbocycles. The molecule has 1 fully saturated rings. The Balaban J connectivity index is 0.000000568. The molecule has 1 aliphatic rings. The van der Waals surface area contributed by atoms with Gasteiger partial charge >= 0.3 is 11.9 Å². The third kappa shape index (κ3) is 6.67. The summed E-state index contributed by atoms with van der Waals surface area (Å²) < 4.78 is 11.1. The Morgan fingerprint density at radius 1 is 0.811 bits per heavy atom. The molecule has 0 amide bonds. The second-order valence-corrected chi connectivity index (χ2v) is 8.81. The van der Waals surface area contributed by atoms with Gasteiger partial charge in [-0.15, -0.1) is 0 Å². The number of carboxylic acid groups (broad SMARTS) is 2. The minimum atomic E-state index is -1.82. The lowest BCUT2D eigenvalue weighted by Crippen LogP contribution is -2.44. The number of piperidine rings is 1. The Morgan fingerprint density at radius 3 is 1.76 bits per heavy atom. The van der Waals surface area contributed by atoms with Gasteiger partial charge in [-0.2, -0.15) is 0 Å². The minimum absolute atomic E-state index is 0.153. The number of carbonyl (C=O) groups is 2. The Bertz CT molecular complexity index is 1110. The molecule has 8 heteroatoms. The lowest BCUT2D eigenvalue weighted by molar-refractivity contribution is -0.159. The van der Waals surface area contributed by atoms with Crippen LogP contribution in [0.3, 0.4) is 0 Å². The largest absolute Gasteiger partial charge is 0.493 e. The van der Waals surface area contributed by atoms with Crippen LogP contribution in [0.4, 0.5) is 0 Å². The second-order valence-electron chi connectivity index (χ2n) is 8.81. The van der Waals surface area contributed by atoms with Gasteiger partial charge in [0.1, 0.15) is 5.60 Å². The molecule has 0 aromatic heterocycles. The number of ether oxygens (including phenoxy) is 2. The monoisotopic (exact) mass is 507 g/mol. The number of nitrogens with zero attached hydrogens (tertiary/aromatic N) is 1. The summed E-state index contributed by atoms with van der Waals surface area (Å²) in [5, 5.41) is 26.8. The van der Waals surface area contributed by atoms with Gasteiger partial charge in [-0.1, -0.05) is 72.8 Å². The summed E-state index contributed by atoms with van der Waals surface area (Å²) in [5.41, 5.74) is 2.08. The van der Waals surface area contributed by atoms with E-state index in [-0.39, 0.29) is 5.92 Å². The number of hydrogen-bond acceptors (Lipinski definition) is 6. The molecule has 0 spiro atoms. The second kappa shape index (κ2) is 12.9. The summed E-state index contributed by atoms with van der Waals surface area (Å²) in [5.74, 6) is -1.93. The highest BCUT2D eigenvalue weighted by Crippen LogP contribution is 2.42. The van der Waals surface area contributed by atoms with E-state index in [1.165, 1.54) is 0 Å². The number of rotatable bonds is 7. The average molecular weight is 508 g/mol. The van der Waals surface area contributed by atoms with Crippen LogP contribution in [0, 0.1) is 5.92 Å². The van der Waals surface area contributed by atoms with Crippen LogP contribution in [0.1, 0.15) is 29.5 Å². The molecule has 0 atom stereocenters. The van der Waals surface area contributed by atoms with Gasteiger partial charge in [0, 0.05) is 12.1 Å². The number of methoxy groups -OCH3 is 2. The van der Waals surface area contributed by atoms with Crippen LogP contribution < -0.4 is 9.47 Å². The fourth-order valence-corrected chi connectivity index (χ4v) is 4.85. The van der Waals surface area contributed by atoms with Crippen molar-refractivity contribution in [3.05, 3.63) is 95.6 Å². The smallest absolute Gasteiger partial charge is 0.414 e. The van der Waals surface area contributed by atoms with Gasteiger partial charge in [0.2, 0.25) is 0 Å². The van der Waals surface area contributed by atoms with E-state index < -0.39 is 17.5 Å². The highest BCUT2D eigenvalue weighted by atomic mass is 16.5. The number of carboxylic acids is 2. The Hall–Kier alpha value is -3.88. The topological polar surface area (TPSA) is 117 Å². The van der Waals surface area contributed by atoms with Crippen molar-refractivity contribution in [2.75, 3.05) is 27.3 Å². The van der Waals surface area contributed by atoms with Gasteiger partial charge in [0.15, 0.2) is 11.5 Å². The van der Waals surface area contributed by atoms with E-state index in [1.54, 1.807) is 14.2 Å². The maximum Gasteiger partial charge on any atom is 0.414 e. The van der Waals surface area contributed by atoms with Crippen molar-refractivity contribution in [1.82, 2.24) is 4.90 Å². The van der Waals surface area contributed by atoms with Crippen molar-refractivity contribution < 1.29 is 34.4 Å². The maximum absolute atomic E-state index is 12.1. The van der Waals surface area contributed by atoms with Crippen LogP contribution in [0.15, 0.2) is 78.9 Å². The van der Waals surface area contributed by atoms with E-state index >= 15 is 0 Å². The molecule has 3 aromatic carbocycles. The number of para-hydroxylation sites is 1. The van der Waals surface area contributed by atoms with Gasteiger partial charge in [-0.3, -0.25) is 4.90 Å². The maximum atomic E-state index is 12.1. The third-order valence-corrected chi connectivity index (χ3v) is 6.67. The van der Waals surface area contributed by atoms with Crippen molar-refractivity contribution in [3.8, 4) is 11.5 Å². The minimum Gasteiger partial charge on any atom is -0.493 e. The predicted octanol–water partition coefficient (Wildman–Crippen LogP) is 4.01. The molecule has 196 valence electrons. The Morgan fingerprint density at radius 2 is 1.32 bits per heavy atom. The van der Waals surface area contributed by atoms with Gasteiger partial charge in [-0.25, -0.2) is 9.59 Å². The van der Waals surface area contributed by atoms with Crippen molar-refractivity contribution in [2.24, 2.45) is 5.92 Å². The number of hydrogen-bond donors (Lipinski definition) is 3. The summed E-state index contributed by atoms with van der Waals surface area (Å²) in [6.07, 6.45) is 1.85. The van der Waals surface area contributed by atoms with Crippen molar-refractivity contribution in [2.45, 2.75) is 25.0 Å². The predicted molar refractivity (Wildman–Crippen MR) is 139 cm³/mol. The van der Waals surface area contributed by atoms with Crippen molar-refractivity contribution in [3.63, 3.8) is 0 Å². The third-order valence-electron chi connectivity index (χ3n) is 6.67. The molecular formula is C29H33NO7. The molecule has 1 aliphatic heterocycles. The van der Waals surface area contributed by atoms with E-state index in [0.29, 0.717) is 0 Å². The molecule has 0 saturated carbocycles. The molecule has 4 rings (SSSR count). The van der Waals surface area contributed by atoms with Gasteiger partial charge in [0.25, 0.3) is 0 Å². The zero-order valence-corrected chi connectivity index (χ0v) is 21.0. The van der Waals surface area contributed by atoms with E-state index in [1.807, 2.05) is 72.8 Å². The first-order valence-electron chi connectivity index (χ1n) is 12.0. The molecule has 8 nitrogen and oxygen atoms in total. The number of aliphatic hydroxyl groups is 1. The number of likely N-dealkylation sites (tertiary alicyclic amines) is 1. The highest BCUT2D eigenvalue weighted by Gasteiger charge is 2.41. The molecule has 1 saturated heterocycles. The number of aliphatic carboxylic acids is 2. The normalized spacial score (nSPS) is 14.2. The molecular weight excluding hydrogens is 474 g/mol. The molecule has 37 heavy (non-hydrogen) atoms. The van der Waals surface area contributed by atoms with Crippen LogP contribution >= 0.6 is 0 Å². The van der Waals surface area contributed by atoms with Crippen LogP contribution in [-0.2, 0) is 21.7 Å². The zero-order chi connectivity index (χ0) is 26.8. The summed E-state index contributed by atoms with van der Waals surface area (Å²) in [4.78, 5) is 20.6.